The third-order valence-electron chi connectivity index (χ3n) is 3.83. The molecule has 0 saturated carbocycles. The van der Waals surface area contributed by atoms with Crippen molar-refractivity contribution in [3.8, 4) is 0 Å². The summed E-state index contributed by atoms with van der Waals surface area (Å²) in [4.78, 5) is 10.9. The van der Waals surface area contributed by atoms with Crippen LogP contribution in [0, 0.1) is 10.1 Å². The molecule has 3 nitrogen and oxygen atoms in total. The van der Waals surface area contributed by atoms with Gasteiger partial charge in [0, 0.05) is 17.8 Å². The molecule has 0 radical (unpaired) electrons. The molecule has 0 amide bonds. The Bertz CT molecular complexity index is 207. The number of rotatable bonds is 14. The molecule has 0 spiro atoms. The molecular formula is C16H33NO2. The van der Waals surface area contributed by atoms with Crippen LogP contribution in [0.4, 0.5) is 0 Å². The Morgan fingerprint density at radius 1 is 0.737 bits per heavy atom. The minimum absolute atomic E-state index is 0.0497. The molecule has 0 aliphatic carbocycles. The molecule has 0 rings (SSSR count). The summed E-state index contributed by atoms with van der Waals surface area (Å²) in [5.74, 6) is 0. The zero-order chi connectivity index (χ0) is 14.3. The first-order valence-electron chi connectivity index (χ1n) is 8.35. The van der Waals surface area contributed by atoms with Crippen LogP contribution in [0.15, 0.2) is 0 Å². The summed E-state index contributed by atoms with van der Waals surface area (Å²) in [5.41, 5.74) is 0. The smallest absolute Gasteiger partial charge is 0.213 e. The quantitative estimate of drug-likeness (QED) is 0.229. The van der Waals surface area contributed by atoms with E-state index in [1.54, 1.807) is 0 Å². The van der Waals surface area contributed by atoms with Gasteiger partial charge in [-0.1, -0.05) is 71.6 Å². The number of nitrogens with zero attached hydrogens (tertiary/aromatic N) is 1. The first-order valence-corrected chi connectivity index (χ1v) is 8.35. The SMILES string of the molecule is CCCCCCCCC(CCCCCCC)[N+](=O)[O-]. The van der Waals surface area contributed by atoms with Crippen LogP contribution >= 0.6 is 0 Å². The van der Waals surface area contributed by atoms with Gasteiger partial charge in [-0.05, 0) is 12.8 Å². The van der Waals surface area contributed by atoms with Crippen LogP contribution in [-0.4, -0.2) is 11.0 Å². The summed E-state index contributed by atoms with van der Waals surface area (Å²) in [6, 6.07) is -0.284. The number of unbranched alkanes of at least 4 members (excludes halogenated alkanes) is 9. The standard InChI is InChI=1S/C16H33NO2/c1-3-5-7-9-11-13-15-16(17(18)19)14-12-10-8-6-4-2/h16H,3-15H2,1-2H3. The average molecular weight is 271 g/mol. The highest BCUT2D eigenvalue weighted by Gasteiger charge is 2.18. The van der Waals surface area contributed by atoms with E-state index >= 15 is 0 Å². The fourth-order valence-corrected chi connectivity index (χ4v) is 2.50. The Morgan fingerprint density at radius 3 is 1.47 bits per heavy atom. The van der Waals surface area contributed by atoms with Gasteiger partial charge in [-0.25, -0.2) is 0 Å². The fraction of sp³-hybridized carbons (Fsp3) is 1.00. The maximum atomic E-state index is 11.0. The zero-order valence-corrected chi connectivity index (χ0v) is 13.0. The third-order valence-corrected chi connectivity index (χ3v) is 3.83. The molecular weight excluding hydrogens is 238 g/mol. The zero-order valence-electron chi connectivity index (χ0n) is 13.0. The van der Waals surface area contributed by atoms with E-state index in [2.05, 4.69) is 13.8 Å². The van der Waals surface area contributed by atoms with Crippen LogP contribution in [0.3, 0.4) is 0 Å². The first kappa shape index (κ1) is 18.4. The lowest BCUT2D eigenvalue weighted by molar-refractivity contribution is -0.524. The van der Waals surface area contributed by atoms with Crippen molar-refractivity contribution < 1.29 is 4.92 Å². The van der Waals surface area contributed by atoms with E-state index in [0.29, 0.717) is 0 Å². The molecule has 114 valence electrons. The summed E-state index contributed by atoms with van der Waals surface area (Å²) < 4.78 is 0. The lowest BCUT2D eigenvalue weighted by atomic mass is 10.0. The molecule has 0 N–H and O–H groups in total. The molecule has 0 bridgehead atoms. The van der Waals surface area contributed by atoms with Crippen molar-refractivity contribution in [2.24, 2.45) is 0 Å². The van der Waals surface area contributed by atoms with Gasteiger partial charge >= 0.3 is 0 Å². The van der Waals surface area contributed by atoms with E-state index < -0.39 is 0 Å². The van der Waals surface area contributed by atoms with Gasteiger partial charge in [0.05, 0.1) is 0 Å². The van der Waals surface area contributed by atoms with Crippen molar-refractivity contribution in [2.45, 2.75) is 103 Å². The average Bonchev–Trinajstić information content (AvgIpc) is 2.39. The van der Waals surface area contributed by atoms with Gasteiger partial charge in [0.15, 0.2) is 0 Å². The van der Waals surface area contributed by atoms with E-state index in [4.69, 9.17) is 0 Å². The Kier molecular flexibility index (Phi) is 13.4. The Labute approximate surface area is 119 Å². The normalized spacial score (nSPS) is 12.5. The highest BCUT2D eigenvalue weighted by Crippen LogP contribution is 2.15. The van der Waals surface area contributed by atoms with Gasteiger partial charge in [-0.15, -0.1) is 0 Å². The van der Waals surface area contributed by atoms with Crippen molar-refractivity contribution >= 4 is 0 Å². The third kappa shape index (κ3) is 12.2. The van der Waals surface area contributed by atoms with Crippen LogP contribution in [-0.2, 0) is 0 Å². The van der Waals surface area contributed by atoms with Gasteiger partial charge < -0.3 is 0 Å². The monoisotopic (exact) mass is 271 g/mol. The second-order valence-electron chi connectivity index (χ2n) is 5.70. The number of hydrogen-bond donors (Lipinski definition) is 0. The van der Waals surface area contributed by atoms with Gasteiger partial charge in [0.25, 0.3) is 0 Å². The topological polar surface area (TPSA) is 43.1 Å². The summed E-state index contributed by atoms with van der Waals surface area (Å²) >= 11 is 0. The lowest BCUT2D eigenvalue weighted by Gasteiger charge is -2.09. The Hall–Kier alpha value is -0.600. The summed E-state index contributed by atoms with van der Waals surface area (Å²) in [6.45, 7) is 4.40. The minimum Gasteiger partial charge on any atom is -0.264 e. The van der Waals surface area contributed by atoms with Crippen molar-refractivity contribution in [3.63, 3.8) is 0 Å². The molecule has 1 atom stereocenters. The molecule has 3 heteroatoms. The minimum atomic E-state index is -0.284. The Morgan fingerprint density at radius 2 is 1.11 bits per heavy atom. The molecule has 0 aromatic heterocycles. The van der Waals surface area contributed by atoms with Crippen molar-refractivity contribution in [1.29, 1.82) is 0 Å². The van der Waals surface area contributed by atoms with E-state index in [1.807, 2.05) is 0 Å². The maximum absolute atomic E-state index is 11.0. The molecule has 0 heterocycles. The van der Waals surface area contributed by atoms with Crippen LogP contribution < -0.4 is 0 Å². The van der Waals surface area contributed by atoms with Crippen LogP contribution in [0.1, 0.15) is 97.3 Å². The molecule has 1 unspecified atom stereocenters. The summed E-state index contributed by atoms with van der Waals surface area (Å²) in [7, 11) is 0. The fourth-order valence-electron chi connectivity index (χ4n) is 2.50. The van der Waals surface area contributed by atoms with Crippen LogP contribution in [0.5, 0.6) is 0 Å². The molecule has 0 aromatic carbocycles. The van der Waals surface area contributed by atoms with E-state index in [9.17, 15) is 10.1 Å². The van der Waals surface area contributed by atoms with Gasteiger partial charge in [0.1, 0.15) is 0 Å². The summed E-state index contributed by atoms with van der Waals surface area (Å²) in [6.07, 6.45) is 14.8. The van der Waals surface area contributed by atoms with Crippen LogP contribution in [0.25, 0.3) is 0 Å². The van der Waals surface area contributed by atoms with E-state index in [1.165, 1.54) is 51.4 Å². The van der Waals surface area contributed by atoms with Crippen molar-refractivity contribution in [2.75, 3.05) is 0 Å². The number of hydrogen-bond acceptors (Lipinski definition) is 2. The summed E-state index contributed by atoms with van der Waals surface area (Å²) in [5, 5.41) is 11.0. The van der Waals surface area contributed by atoms with Crippen LogP contribution in [0.2, 0.25) is 0 Å². The van der Waals surface area contributed by atoms with Crippen molar-refractivity contribution in [3.05, 3.63) is 10.1 Å². The predicted octanol–water partition coefficient (Wildman–Crippen LogP) is 5.74. The molecule has 0 saturated heterocycles. The predicted molar refractivity (Wildman–Crippen MR) is 82.2 cm³/mol. The Balaban J connectivity index is 3.54. The molecule has 0 aliphatic heterocycles. The van der Waals surface area contributed by atoms with Gasteiger partial charge in [0.2, 0.25) is 6.04 Å². The molecule has 0 aromatic rings. The van der Waals surface area contributed by atoms with Crippen molar-refractivity contribution in [1.82, 2.24) is 0 Å². The molecule has 0 aliphatic rings. The second kappa shape index (κ2) is 13.8. The largest absolute Gasteiger partial charge is 0.264 e. The van der Waals surface area contributed by atoms with Gasteiger partial charge in [-0.3, -0.25) is 10.1 Å². The van der Waals surface area contributed by atoms with Gasteiger partial charge in [-0.2, -0.15) is 0 Å². The lowest BCUT2D eigenvalue weighted by Crippen LogP contribution is -2.19. The number of nitro groups is 1. The maximum Gasteiger partial charge on any atom is 0.213 e. The highest BCUT2D eigenvalue weighted by molar-refractivity contribution is 4.58. The second-order valence-corrected chi connectivity index (χ2v) is 5.70. The molecule has 19 heavy (non-hydrogen) atoms. The van der Waals surface area contributed by atoms with E-state index in [-0.39, 0.29) is 11.0 Å². The van der Waals surface area contributed by atoms with E-state index in [0.717, 1.165) is 32.1 Å². The molecule has 0 fully saturated rings. The highest BCUT2D eigenvalue weighted by atomic mass is 16.6. The first-order chi connectivity index (χ1) is 9.22.